The number of benzene rings is 2. The third-order valence-corrected chi connectivity index (χ3v) is 4.02. The molecule has 0 atom stereocenters. The number of methoxy groups -OCH3 is 2. The molecule has 0 unspecified atom stereocenters. The van der Waals surface area contributed by atoms with Crippen LogP contribution in [0.5, 0.6) is 11.5 Å². The Morgan fingerprint density at radius 3 is 2.12 bits per heavy atom. The predicted molar refractivity (Wildman–Crippen MR) is 92.8 cm³/mol. The van der Waals surface area contributed by atoms with Crippen LogP contribution in [0.15, 0.2) is 48.2 Å². The summed E-state index contributed by atoms with van der Waals surface area (Å²) in [6, 6.07) is 11.7. The van der Waals surface area contributed by atoms with Crippen molar-refractivity contribution in [1.29, 1.82) is 0 Å². The van der Waals surface area contributed by atoms with E-state index in [1.807, 2.05) is 6.92 Å². The third kappa shape index (κ3) is 2.71. The summed E-state index contributed by atoms with van der Waals surface area (Å²) in [4.78, 5) is 26.1. The molecule has 1 aliphatic heterocycles. The summed E-state index contributed by atoms with van der Waals surface area (Å²) in [5, 5.41) is 10.3. The van der Waals surface area contributed by atoms with E-state index in [9.17, 15) is 14.7 Å². The number of aliphatic hydroxyl groups excluding tert-OH is 1. The molecule has 2 amide bonds. The van der Waals surface area contributed by atoms with Crippen LogP contribution in [-0.2, 0) is 9.59 Å². The first kappa shape index (κ1) is 16.6. The van der Waals surface area contributed by atoms with Gasteiger partial charge in [-0.25, -0.2) is 4.90 Å². The number of hydrogen-bond donors (Lipinski definition) is 1. The third-order valence-electron chi connectivity index (χ3n) is 4.02. The lowest BCUT2D eigenvalue weighted by Gasteiger charge is -2.15. The van der Waals surface area contributed by atoms with Gasteiger partial charge in [-0.05, 0) is 36.8 Å². The SMILES string of the molecule is COc1ccc(C2=C(O)C(=O)N(c3ccc(C)cc3)C2=O)cc1OC. The number of aryl methyl sites for hydroxylation is 1. The Morgan fingerprint density at radius 2 is 1.52 bits per heavy atom. The van der Waals surface area contributed by atoms with Gasteiger partial charge in [-0.2, -0.15) is 0 Å². The number of ether oxygens (including phenoxy) is 2. The summed E-state index contributed by atoms with van der Waals surface area (Å²) >= 11 is 0. The molecule has 2 aromatic rings. The van der Waals surface area contributed by atoms with Gasteiger partial charge in [-0.15, -0.1) is 0 Å². The van der Waals surface area contributed by atoms with E-state index in [0.29, 0.717) is 22.7 Å². The minimum Gasteiger partial charge on any atom is -0.502 e. The second-order valence-electron chi connectivity index (χ2n) is 5.57. The summed E-state index contributed by atoms with van der Waals surface area (Å²) in [6.07, 6.45) is 0. The van der Waals surface area contributed by atoms with Crippen molar-refractivity contribution < 1.29 is 24.2 Å². The molecule has 0 saturated heterocycles. The number of rotatable bonds is 4. The van der Waals surface area contributed by atoms with Gasteiger partial charge in [0.2, 0.25) is 0 Å². The Hall–Kier alpha value is -3.28. The number of aliphatic hydroxyl groups is 1. The van der Waals surface area contributed by atoms with Gasteiger partial charge in [0.1, 0.15) is 0 Å². The predicted octanol–water partition coefficient (Wildman–Crippen LogP) is 2.85. The molecule has 0 spiro atoms. The molecule has 0 saturated carbocycles. The molecule has 25 heavy (non-hydrogen) atoms. The van der Waals surface area contributed by atoms with Gasteiger partial charge in [0.05, 0.1) is 25.5 Å². The van der Waals surface area contributed by atoms with Crippen LogP contribution >= 0.6 is 0 Å². The molecule has 0 bridgehead atoms. The van der Waals surface area contributed by atoms with Crippen LogP contribution in [0.1, 0.15) is 11.1 Å². The molecule has 6 heteroatoms. The first-order valence-corrected chi connectivity index (χ1v) is 7.59. The lowest BCUT2D eigenvalue weighted by Crippen LogP contribution is -2.31. The first-order chi connectivity index (χ1) is 12.0. The molecule has 1 heterocycles. The number of carbonyl (C=O) groups excluding carboxylic acids is 2. The second kappa shape index (κ2) is 6.32. The first-order valence-electron chi connectivity index (χ1n) is 7.59. The lowest BCUT2D eigenvalue weighted by atomic mass is 10.0. The quantitative estimate of drug-likeness (QED) is 0.867. The van der Waals surface area contributed by atoms with E-state index in [1.165, 1.54) is 14.2 Å². The molecular weight excluding hydrogens is 322 g/mol. The van der Waals surface area contributed by atoms with E-state index in [-0.39, 0.29) is 5.57 Å². The maximum Gasteiger partial charge on any atom is 0.301 e. The fourth-order valence-corrected chi connectivity index (χ4v) is 2.70. The van der Waals surface area contributed by atoms with Crippen LogP contribution in [0.4, 0.5) is 5.69 Å². The number of imide groups is 1. The molecule has 6 nitrogen and oxygen atoms in total. The Bertz CT molecular complexity index is 883. The number of hydrogen-bond acceptors (Lipinski definition) is 5. The molecule has 0 radical (unpaired) electrons. The highest BCUT2D eigenvalue weighted by molar-refractivity contribution is 6.44. The normalized spacial score (nSPS) is 14.3. The topological polar surface area (TPSA) is 76.1 Å². The number of anilines is 1. The van der Waals surface area contributed by atoms with Crippen LogP contribution in [0.2, 0.25) is 0 Å². The van der Waals surface area contributed by atoms with Gasteiger partial charge >= 0.3 is 5.91 Å². The van der Waals surface area contributed by atoms with Crippen LogP contribution in [0, 0.1) is 6.92 Å². The highest BCUT2D eigenvalue weighted by Gasteiger charge is 2.40. The summed E-state index contributed by atoms with van der Waals surface area (Å²) in [6.45, 7) is 1.90. The molecule has 128 valence electrons. The van der Waals surface area contributed by atoms with Crippen molar-refractivity contribution >= 4 is 23.1 Å². The Labute approximate surface area is 144 Å². The van der Waals surface area contributed by atoms with Crippen LogP contribution in [-0.4, -0.2) is 31.1 Å². The summed E-state index contributed by atoms with van der Waals surface area (Å²) in [7, 11) is 2.97. The highest BCUT2D eigenvalue weighted by atomic mass is 16.5. The van der Waals surface area contributed by atoms with E-state index in [1.54, 1.807) is 42.5 Å². The van der Waals surface area contributed by atoms with E-state index in [2.05, 4.69) is 0 Å². The van der Waals surface area contributed by atoms with E-state index in [0.717, 1.165) is 10.5 Å². The van der Waals surface area contributed by atoms with Crippen molar-refractivity contribution in [2.45, 2.75) is 6.92 Å². The van der Waals surface area contributed by atoms with Crippen molar-refractivity contribution in [1.82, 2.24) is 0 Å². The number of nitrogens with zero attached hydrogens (tertiary/aromatic N) is 1. The van der Waals surface area contributed by atoms with E-state index in [4.69, 9.17) is 9.47 Å². The summed E-state index contributed by atoms with van der Waals surface area (Å²) < 4.78 is 10.4. The second-order valence-corrected chi connectivity index (χ2v) is 5.57. The van der Waals surface area contributed by atoms with Gasteiger partial charge in [0, 0.05) is 0 Å². The zero-order chi connectivity index (χ0) is 18.1. The lowest BCUT2D eigenvalue weighted by molar-refractivity contribution is -0.121. The molecule has 0 aromatic heterocycles. The molecule has 1 N–H and O–H groups in total. The number of carbonyl (C=O) groups is 2. The maximum atomic E-state index is 12.8. The van der Waals surface area contributed by atoms with Crippen LogP contribution < -0.4 is 14.4 Å². The van der Waals surface area contributed by atoms with Crippen molar-refractivity contribution in [3.05, 3.63) is 59.4 Å². The average Bonchev–Trinajstić information content (AvgIpc) is 2.84. The van der Waals surface area contributed by atoms with E-state index < -0.39 is 17.6 Å². The molecule has 2 aromatic carbocycles. The van der Waals surface area contributed by atoms with Gasteiger partial charge in [0.25, 0.3) is 5.91 Å². The largest absolute Gasteiger partial charge is 0.502 e. The Balaban J connectivity index is 2.04. The summed E-state index contributed by atoms with van der Waals surface area (Å²) in [5.41, 5.74) is 1.72. The minimum absolute atomic E-state index is 0.0634. The Kier molecular flexibility index (Phi) is 4.19. The molecule has 3 rings (SSSR count). The minimum atomic E-state index is -0.751. The highest BCUT2D eigenvalue weighted by Crippen LogP contribution is 2.36. The fourth-order valence-electron chi connectivity index (χ4n) is 2.70. The Morgan fingerprint density at radius 1 is 0.880 bits per heavy atom. The zero-order valence-corrected chi connectivity index (χ0v) is 14.1. The monoisotopic (exact) mass is 339 g/mol. The van der Waals surface area contributed by atoms with Crippen LogP contribution in [0.25, 0.3) is 5.57 Å². The van der Waals surface area contributed by atoms with Gasteiger partial charge in [-0.3, -0.25) is 9.59 Å². The fraction of sp³-hybridized carbons (Fsp3) is 0.158. The zero-order valence-electron chi connectivity index (χ0n) is 14.1. The van der Waals surface area contributed by atoms with E-state index >= 15 is 0 Å². The average molecular weight is 339 g/mol. The van der Waals surface area contributed by atoms with Gasteiger partial charge in [0.15, 0.2) is 17.3 Å². The smallest absolute Gasteiger partial charge is 0.301 e. The maximum absolute atomic E-state index is 12.8. The molecule has 0 aliphatic carbocycles. The van der Waals surface area contributed by atoms with Crippen LogP contribution in [0.3, 0.4) is 0 Å². The van der Waals surface area contributed by atoms with Gasteiger partial charge < -0.3 is 14.6 Å². The van der Waals surface area contributed by atoms with Crippen molar-refractivity contribution in [2.24, 2.45) is 0 Å². The van der Waals surface area contributed by atoms with Crippen molar-refractivity contribution in [2.75, 3.05) is 19.1 Å². The summed E-state index contributed by atoms with van der Waals surface area (Å²) in [5.74, 6) is -1.04. The molecular formula is C19H17NO5. The van der Waals surface area contributed by atoms with Crippen molar-refractivity contribution in [3.63, 3.8) is 0 Å². The molecule has 0 fully saturated rings. The number of amides is 2. The van der Waals surface area contributed by atoms with Gasteiger partial charge in [-0.1, -0.05) is 23.8 Å². The van der Waals surface area contributed by atoms with Crippen molar-refractivity contribution in [3.8, 4) is 11.5 Å². The molecule has 1 aliphatic rings. The standard InChI is InChI=1S/C19H17NO5/c1-11-4-7-13(8-5-11)20-18(22)16(17(21)19(20)23)12-6-9-14(24-2)15(10-12)25-3/h4-10,21H,1-3H3.